The summed E-state index contributed by atoms with van der Waals surface area (Å²) in [5.41, 5.74) is 12.1. The van der Waals surface area contributed by atoms with E-state index < -0.39 is 0 Å². The third-order valence-corrected chi connectivity index (χ3v) is 12.9. The molecule has 0 heterocycles. The van der Waals surface area contributed by atoms with Crippen molar-refractivity contribution in [2.24, 2.45) is 17.8 Å². The van der Waals surface area contributed by atoms with Crippen LogP contribution >= 0.6 is 0 Å². The van der Waals surface area contributed by atoms with Crippen LogP contribution in [0.25, 0.3) is 43.8 Å². The quantitative estimate of drug-likeness (QED) is 0.111. The molecular formula is C51H60Cl2SiZr-2. The number of aryl methyl sites for hydroxylation is 1. The molecule has 10 rings (SSSR count). The molecule has 6 aromatic rings. The predicted molar refractivity (Wildman–Crippen MR) is 229 cm³/mol. The van der Waals surface area contributed by atoms with Gasteiger partial charge in [0, 0.05) is 0 Å². The number of hydrogen-bond donors (Lipinski definition) is 0. The average Bonchev–Trinajstić information content (AvgIpc) is 3.79. The summed E-state index contributed by atoms with van der Waals surface area (Å²) in [6, 6.07) is 41.7. The molecule has 4 aliphatic rings. The van der Waals surface area contributed by atoms with Gasteiger partial charge >= 0.3 is 41.9 Å². The maximum Gasteiger partial charge on any atom is -1.00 e. The van der Waals surface area contributed by atoms with Crippen LogP contribution in [-0.2, 0) is 35.2 Å². The number of rotatable bonds is 7. The summed E-state index contributed by atoms with van der Waals surface area (Å²) in [4.78, 5) is 0. The molecule has 1 unspecified atom stereocenters. The SMILES string of the molecule is CCC(C)c1cc2c(-c3ccc(C(C)C)cc3)cccc2[cH-]1.CCc1cc2c(-c3ccc(C45CC6CC(CC(C6)C4)C5)cc3)cccc2[cH-]1.C[Si](C)=[Zr+2].[Cl-].[Cl-]. The van der Waals surface area contributed by atoms with Crippen molar-refractivity contribution in [3.05, 3.63) is 131 Å². The van der Waals surface area contributed by atoms with Gasteiger partial charge < -0.3 is 24.8 Å². The fourth-order valence-corrected chi connectivity index (χ4v) is 10.3. The summed E-state index contributed by atoms with van der Waals surface area (Å²) in [6.07, 6.45) is 11.2. The predicted octanol–water partition coefficient (Wildman–Crippen LogP) is 8.91. The van der Waals surface area contributed by atoms with E-state index in [0.29, 0.717) is 17.3 Å². The summed E-state index contributed by atoms with van der Waals surface area (Å²) in [5.74, 6) is 4.26. The van der Waals surface area contributed by atoms with E-state index >= 15 is 0 Å². The molecule has 4 aliphatic carbocycles. The zero-order valence-corrected chi connectivity index (χ0v) is 39.2. The summed E-state index contributed by atoms with van der Waals surface area (Å²) in [7, 11) is 0. The molecule has 0 N–H and O–H groups in total. The Labute approximate surface area is 360 Å². The van der Waals surface area contributed by atoms with E-state index in [1.54, 1.807) is 28.9 Å². The van der Waals surface area contributed by atoms with E-state index in [1.165, 1.54) is 105 Å². The van der Waals surface area contributed by atoms with E-state index in [9.17, 15) is 0 Å². The Kier molecular flexibility index (Phi) is 15.2. The van der Waals surface area contributed by atoms with E-state index in [-0.39, 0.29) is 30.2 Å². The molecule has 288 valence electrons. The van der Waals surface area contributed by atoms with Gasteiger partial charge in [-0.15, -0.1) is 69.1 Å². The van der Waals surface area contributed by atoms with Gasteiger partial charge in [-0.25, -0.2) is 0 Å². The molecule has 1 atom stereocenters. The monoisotopic (exact) mass is 860 g/mol. The minimum Gasteiger partial charge on any atom is -1.00 e. The Morgan fingerprint density at radius 1 is 0.673 bits per heavy atom. The van der Waals surface area contributed by atoms with E-state index in [2.05, 4.69) is 157 Å². The average molecular weight is 863 g/mol. The van der Waals surface area contributed by atoms with Crippen molar-refractivity contribution in [3.8, 4) is 22.3 Å². The first kappa shape index (κ1) is 43.9. The molecule has 55 heavy (non-hydrogen) atoms. The topological polar surface area (TPSA) is 0 Å². The van der Waals surface area contributed by atoms with Crippen molar-refractivity contribution >= 4 is 27.0 Å². The van der Waals surface area contributed by atoms with Gasteiger partial charge in [0.25, 0.3) is 0 Å². The second-order valence-corrected chi connectivity index (χ2v) is 26.9. The minimum atomic E-state index is 0. The number of halogens is 2. The molecule has 6 aromatic carbocycles. The number of benzene rings is 4. The Morgan fingerprint density at radius 3 is 1.62 bits per heavy atom. The molecule has 0 nitrogen and oxygen atoms in total. The fraction of sp³-hybridized carbons (Fsp3) is 0.412. The van der Waals surface area contributed by atoms with Crippen molar-refractivity contribution in [2.45, 2.75) is 116 Å². The molecule has 0 aromatic heterocycles. The van der Waals surface area contributed by atoms with E-state index in [4.69, 9.17) is 0 Å². The Bertz CT molecular complexity index is 2130. The molecule has 4 saturated carbocycles. The van der Waals surface area contributed by atoms with Crippen LogP contribution in [0.15, 0.2) is 109 Å². The smallest absolute Gasteiger partial charge is 1.00 e. The maximum atomic E-state index is 2.48. The van der Waals surface area contributed by atoms with Crippen molar-refractivity contribution in [1.82, 2.24) is 0 Å². The molecule has 0 aliphatic heterocycles. The van der Waals surface area contributed by atoms with Crippen LogP contribution in [-0.4, -0.2) is 5.43 Å². The molecule has 0 radical (unpaired) electrons. The molecular weight excluding hydrogens is 803 g/mol. The van der Waals surface area contributed by atoms with Gasteiger partial charge in [-0.1, -0.05) is 113 Å². The second kappa shape index (κ2) is 19.0. The molecule has 4 fully saturated rings. The Morgan fingerprint density at radius 2 is 1.15 bits per heavy atom. The van der Waals surface area contributed by atoms with Gasteiger partial charge in [-0.2, -0.15) is 12.1 Å². The zero-order valence-electron chi connectivity index (χ0n) is 34.2. The summed E-state index contributed by atoms with van der Waals surface area (Å²) < 4.78 is 0. The molecule has 4 bridgehead atoms. The van der Waals surface area contributed by atoms with Gasteiger partial charge in [0.15, 0.2) is 0 Å². The standard InChI is InChI=1S/C27H29.C22H25.C2H6Si.2ClH.Zr/c1-2-18-13-23-4-3-5-25(26(23)14-18)22-6-8-24(9-7-22)27-15-19-10-20(16-27)12-21(11-19)17-27;1-5-16(4)20-13-19-7-6-8-21(22(19)14-20)18-11-9-17(10-12-18)15(2)3;1-3-2;;;/h3-9,13-14,19-21H,2,10-12,15-17H2,1H3;6-16H,5H2,1-4H3;1-2H3;2*1H;/q2*-1;;;;+2/p-2. The molecule has 4 heteroatoms. The van der Waals surface area contributed by atoms with Crippen molar-refractivity contribution in [3.63, 3.8) is 0 Å². The van der Waals surface area contributed by atoms with E-state index in [0.717, 1.165) is 24.2 Å². The number of hydrogen-bond acceptors (Lipinski definition) is 0. The van der Waals surface area contributed by atoms with Gasteiger partial charge in [0.05, 0.1) is 0 Å². The minimum absolute atomic E-state index is 0. The second-order valence-electron chi connectivity index (χ2n) is 17.5. The van der Waals surface area contributed by atoms with Crippen LogP contribution in [0.4, 0.5) is 0 Å². The fourth-order valence-electron chi connectivity index (χ4n) is 10.3. The molecule has 0 saturated heterocycles. The van der Waals surface area contributed by atoms with Crippen LogP contribution in [0.2, 0.25) is 13.1 Å². The third kappa shape index (κ3) is 9.74. The largest absolute Gasteiger partial charge is 1.00 e. The van der Waals surface area contributed by atoms with Gasteiger partial charge in [-0.3, -0.25) is 0 Å². The Hall–Kier alpha value is -2.22. The summed E-state index contributed by atoms with van der Waals surface area (Å²) in [5, 5.41) is 5.54. The zero-order chi connectivity index (χ0) is 37.3. The van der Waals surface area contributed by atoms with Gasteiger partial charge in [0.1, 0.15) is 0 Å². The molecule has 0 spiro atoms. The van der Waals surface area contributed by atoms with Crippen LogP contribution in [0.5, 0.6) is 0 Å². The van der Waals surface area contributed by atoms with Gasteiger partial charge in [0.2, 0.25) is 0 Å². The van der Waals surface area contributed by atoms with Crippen molar-refractivity contribution in [1.29, 1.82) is 0 Å². The van der Waals surface area contributed by atoms with Gasteiger partial charge in [-0.05, 0) is 102 Å². The summed E-state index contributed by atoms with van der Waals surface area (Å²) >= 11 is 1.74. The summed E-state index contributed by atoms with van der Waals surface area (Å²) in [6.45, 7) is 15.9. The first-order valence-corrected chi connectivity index (χ1v) is 26.8. The van der Waals surface area contributed by atoms with E-state index in [1.807, 2.05) is 0 Å². The first-order chi connectivity index (χ1) is 25.6. The first-order valence-electron chi connectivity index (χ1n) is 20.7. The third-order valence-electron chi connectivity index (χ3n) is 12.9. The van der Waals surface area contributed by atoms with Crippen molar-refractivity contribution < 1.29 is 48.1 Å². The van der Waals surface area contributed by atoms with Crippen LogP contribution in [0.1, 0.15) is 114 Å². The van der Waals surface area contributed by atoms with Crippen molar-refractivity contribution in [2.75, 3.05) is 0 Å². The maximum absolute atomic E-state index is 2.48. The van der Waals surface area contributed by atoms with Crippen LogP contribution in [0.3, 0.4) is 0 Å². The molecule has 0 amide bonds. The van der Waals surface area contributed by atoms with Crippen LogP contribution < -0.4 is 24.8 Å². The Balaban J connectivity index is 0.000000190. The normalized spacial score (nSPS) is 21.2. The number of fused-ring (bicyclic) bond motifs is 2. The van der Waals surface area contributed by atoms with Crippen LogP contribution in [0, 0.1) is 17.8 Å².